The molecule has 2 aromatic rings. The Labute approximate surface area is 173 Å². The molecule has 0 saturated heterocycles. The molecule has 0 N–H and O–H groups in total. The lowest BCUT2D eigenvalue weighted by atomic mass is 10.1. The summed E-state index contributed by atoms with van der Waals surface area (Å²) >= 11 is 0. The van der Waals surface area contributed by atoms with Crippen LogP contribution in [-0.2, 0) is 9.53 Å². The summed E-state index contributed by atoms with van der Waals surface area (Å²) in [6, 6.07) is 16.2. The first kappa shape index (κ1) is 22.3. The molecule has 29 heavy (non-hydrogen) atoms. The molecule has 0 atom stereocenters. The lowest BCUT2D eigenvalue weighted by Crippen LogP contribution is -2.02. The van der Waals surface area contributed by atoms with Crippen LogP contribution in [0.15, 0.2) is 73.3 Å². The van der Waals surface area contributed by atoms with Gasteiger partial charge in [-0.05, 0) is 68.0 Å². The van der Waals surface area contributed by atoms with Gasteiger partial charge in [-0.3, -0.25) is 0 Å². The first-order valence-electron chi connectivity index (χ1n) is 10.1. The van der Waals surface area contributed by atoms with Crippen LogP contribution in [0.25, 0.3) is 11.1 Å². The third kappa shape index (κ3) is 8.69. The van der Waals surface area contributed by atoms with E-state index in [4.69, 9.17) is 14.2 Å². The quantitative estimate of drug-likeness (QED) is 0.181. The maximum Gasteiger partial charge on any atom is 0.330 e. The van der Waals surface area contributed by atoms with E-state index in [1.165, 1.54) is 6.08 Å². The van der Waals surface area contributed by atoms with Crippen LogP contribution in [0.1, 0.15) is 32.6 Å². The number of hydrogen-bond acceptors (Lipinski definition) is 4. The van der Waals surface area contributed by atoms with Gasteiger partial charge < -0.3 is 14.2 Å². The normalized spacial score (nSPS) is 10.7. The van der Waals surface area contributed by atoms with E-state index < -0.39 is 0 Å². The van der Waals surface area contributed by atoms with Crippen molar-refractivity contribution in [3.05, 3.63) is 73.3 Å². The standard InChI is InChI=1S/C25H30O4/c1-3-5-18-27-23-14-10-21(11-15-23)22-12-16-24(17-13-22)28-19-8-6-7-9-20-29-25(26)4-2/h3-5,10-17H,2,6-9,18-20H2,1H3/b5-3+. The predicted octanol–water partition coefficient (Wildman–Crippen LogP) is 5.98. The fraction of sp³-hybridized carbons (Fsp3) is 0.320. The number of benzene rings is 2. The Morgan fingerprint density at radius 1 is 0.828 bits per heavy atom. The SMILES string of the molecule is C=CC(=O)OCCCCCCOc1ccc(-c2ccc(OC/C=C/C)cc2)cc1. The fourth-order valence-electron chi connectivity index (χ4n) is 2.71. The Kier molecular flexibility index (Phi) is 10.2. The van der Waals surface area contributed by atoms with E-state index in [-0.39, 0.29) is 5.97 Å². The summed E-state index contributed by atoms with van der Waals surface area (Å²) in [6.07, 6.45) is 9.05. The molecule has 0 unspecified atom stereocenters. The van der Waals surface area contributed by atoms with Gasteiger partial charge in [-0.2, -0.15) is 0 Å². The van der Waals surface area contributed by atoms with Gasteiger partial charge in [-0.25, -0.2) is 4.79 Å². The van der Waals surface area contributed by atoms with E-state index in [2.05, 4.69) is 30.8 Å². The number of allylic oxidation sites excluding steroid dienone is 1. The number of unbranched alkanes of at least 4 members (excludes halogenated alkanes) is 3. The maximum atomic E-state index is 10.9. The number of ether oxygens (including phenoxy) is 3. The van der Waals surface area contributed by atoms with E-state index in [1.54, 1.807) is 0 Å². The van der Waals surface area contributed by atoms with Gasteiger partial charge in [-0.15, -0.1) is 0 Å². The van der Waals surface area contributed by atoms with Crippen molar-refractivity contribution in [1.82, 2.24) is 0 Å². The number of rotatable bonds is 13. The summed E-state index contributed by atoms with van der Waals surface area (Å²) < 4.78 is 16.4. The Bertz CT molecular complexity index is 760. The second-order valence-corrected chi connectivity index (χ2v) is 6.56. The summed E-state index contributed by atoms with van der Waals surface area (Å²) in [5, 5.41) is 0. The smallest absolute Gasteiger partial charge is 0.330 e. The summed E-state index contributed by atoms with van der Waals surface area (Å²) in [6.45, 7) is 7.07. The largest absolute Gasteiger partial charge is 0.494 e. The highest BCUT2D eigenvalue weighted by molar-refractivity contribution is 5.81. The molecule has 4 heteroatoms. The molecule has 0 saturated carbocycles. The first-order chi connectivity index (χ1) is 14.2. The van der Waals surface area contributed by atoms with Crippen LogP contribution in [-0.4, -0.2) is 25.8 Å². The summed E-state index contributed by atoms with van der Waals surface area (Å²) in [4.78, 5) is 10.9. The molecular weight excluding hydrogens is 364 g/mol. The van der Waals surface area contributed by atoms with E-state index in [0.717, 1.165) is 48.3 Å². The Morgan fingerprint density at radius 2 is 1.38 bits per heavy atom. The molecule has 0 aromatic heterocycles. The Morgan fingerprint density at radius 3 is 1.93 bits per heavy atom. The Hall–Kier alpha value is -3.01. The monoisotopic (exact) mass is 394 g/mol. The number of esters is 1. The van der Waals surface area contributed by atoms with Crippen molar-refractivity contribution in [3.8, 4) is 22.6 Å². The predicted molar refractivity (Wildman–Crippen MR) is 117 cm³/mol. The van der Waals surface area contributed by atoms with Crippen molar-refractivity contribution in [2.24, 2.45) is 0 Å². The molecule has 0 fully saturated rings. The van der Waals surface area contributed by atoms with Crippen molar-refractivity contribution in [2.45, 2.75) is 32.6 Å². The lowest BCUT2D eigenvalue weighted by Gasteiger charge is -2.08. The molecule has 0 amide bonds. The van der Waals surface area contributed by atoms with E-state index in [0.29, 0.717) is 19.8 Å². The van der Waals surface area contributed by atoms with Crippen LogP contribution in [0.5, 0.6) is 11.5 Å². The van der Waals surface area contributed by atoms with Crippen molar-refractivity contribution < 1.29 is 19.0 Å². The highest BCUT2D eigenvalue weighted by Crippen LogP contribution is 2.24. The van der Waals surface area contributed by atoms with Gasteiger partial charge in [0.25, 0.3) is 0 Å². The van der Waals surface area contributed by atoms with Crippen LogP contribution in [0.2, 0.25) is 0 Å². The molecule has 0 radical (unpaired) electrons. The first-order valence-corrected chi connectivity index (χ1v) is 10.1. The highest BCUT2D eigenvalue weighted by atomic mass is 16.5. The molecule has 0 aliphatic heterocycles. The minimum atomic E-state index is -0.356. The topological polar surface area (TPSA) is 44.8 Å². The highest BCUT2D eigenvalue weighted by Gasteiger charge is 2.01. The van der Waals surface area contributed by atoms with Gasteiger partial charge in [0.15, 0.2) is 0 Å². The zero-order chi connectivity index (χ0) is 20.7. The minimum Gasteiger partial charge on any atom is -0.494 e. The second-order valence-electron chi connectivity index (χ2n) is 6.56. The molecule has 2 rings (SSSR count). The van der Waals surface area contributed by atoms with Crippen LogP contribution in [0, 0.1) is 0 Å². The van der Waals surface area contributed by atoms with E-state index in [1.807, 2.05) is 43.3 Å². The van der Waals surface area contributed by atoms with E-state index >= 15 is 0 Å². The van der Waals surface area contributed by atoms with Crippen molar-refractivity contribution in [2.75, 3.05) is 19.8 Å². The molecule has 0 spiro atoms. The summed E-state index contributed by atoms with van der Waals surface area (Å²) in [7, 11) is 0. The molecule has 0 heterocycles. The van der Waals surface area contributed by atoms with Gasteiger partial charge in [0, 0.05) is 6.08 Å². The van der Waals surface area contributed by atoms with Crippen molar-refractivity contribution in [3.63, 3.8) is 0 Å². The average molecular weight is 395 g/mol. The fourth-order valence-corrected chi connectivity index (χ4v) is 2.71. The number of carbonyl (C=O) groups is 1. The second kappa shape index (κ2) is 13.2. The average Bonchev–Trinajstić information content (AvgIpc) is 2.76. The zero-order valence-electron chi connectivity index (χ0n) is 17.1. The van der Waals surface area contributed by atoms with Gasteiger partial charge in [0.05, 0.1) is 13.2 Å². The molecule has 0 aliphatic carbocycles. The number of carbonyl (C=O) groups excluding carboxylic acids is 1. The molecule has 154 valence electrons. The Balaban J connectivity index is 1.66. The minimum absolute atomic E-state index is 0.356. The van der Waals surface area contributed by atoms with Crippen LogP contribution in [0.3, 0.4) is 0 Å². The third-order valence-corrected chi connectivity index (χ3v) is 4.34. The van der Waals surface area contributed by atoms with Crippen molar-refractivity contribution in [1.29, 1.82) is 0 Å². The van der Waals surface area contributed by atoms with Gasteiger partial charge >= 0.3 is 5.97 Å². The van der Waals surface area contributed by atoms with Crippen LogP contribution >= 0.6 is 0 Å². The maximum absolute atomic E-state index is 10.9. The van der Waals surface area contributed by atoms with Gasteiger partial charge in [0.2, 0.25) is 0 Å². The third-order valence-electron chi connectivity index (χ3n) is 4.34. The summed E-state index contributed by atoms with van der Waals surface area (Å²) in [5.41, 5.74) is 2.29. The lowest BCUT2D eigenvalue weighted by molar-refractivity contribution is -0.137. The molecule has 4 nitrogen and oxygen atoms in total. The van der Waals surface area contributed by atoms with Gasteiger partial charge in [0.1, 0.15) is 18.1 Å². The molecule has 0 bridgehead atoms. The zero-order valence-corrected chi connectivity index (χ0v) is 17.1. The molecule has 0 aliphatic rings. The number of hydrogen-bond donors (Lipinski definition) is 0. The van der Waals surface area contributed by atoms with Crippen LogP contribution < -0.4 is 9.47 Å². The van der Waals surface area contributed by atoms with Crippen molar-refractivity contribution >= 4 is 5.97 Å². The van der Waals surface area contributed by atoms with Gasteiger partial charge in [-0.1, -0.05) is 43.0 Å². The van der Waals surface area contributed by atoms with E-state index in [9.17, 15) is 4.79 Å². The molecular formula is C25H30O4. The summed E-state index contributed by atoms with van der Waals surface area (Å²) in [5.74, 6) is 1.39. The van der Waals surface area contributed by atoms with Crippen LogP contribution in [0.4, 0.5) is 0 Å². The molecule has 2 aromatic carbocycles.